The summed E-state index contributed by atoms with van der Waals surface area (Å²) in [5, 5.41) is 0.442. The third kappa shape index (κ3) is 4.61. The zero-order valence-electron chi connectivity index (χ0n) is 13.4. The summed E-state index contributed by atoms with van der Waals surface area (Å²) in [5.74, 6) is 0.432. The topological polar surface area (TPSA) is 63.7 Å². The van der Waals surface area contributed by atoms with Crippen LogP contribution in [0, 0.1) is 0 Å². The molecule has 1 aliphatic heterocycles. The van der Waals surface area contributed by atoms with Crippen LogP contribution in [-0.4, -0.2) is 49.4 Å². The van der Waals surface area contributed by atoms with Gasteiger partial charge in [-0.05, 0) is 31.9 Å². The standard InChI is InChI=1S/C16H22ClNO4S/c1-3-9-18(13-8-10-23(20,21)11-13)16(19)12(2)22-15-7-5-4-6-14(15)17/h4-7,12-13H,3,8-11H2,1-2H3. The maximum Gasteiger partial charge on any atom is 0.263 e. The van der Waals surface area contributed by atoms with E-state index in [9.17, 15) is 13.2 Å². The van der Waals surface area contributed by atoms with Crippen LogP contribution in [0.25, 0.3) is 0 Å². The summed E-state index contributed by atoms with van der Waals surface area (Å²) in [6, 6.07) is 6.71. The van der Waals surface area contributed by atoms with Gasteiger partial charge in [0.15, 0.2) is 15.9 Å². The maximum absolute atomic E-state index is 12.7. The molecule has 23 heavy (non-hydrogen) atoms. The molecule has 1 aliphatic rings. The molecule has 2 atom stereocenters. The fraction of sp³-hybridized carbons (Fsp3) is 0.562. The van der Waals surface area contributed by atoms with Gasteiger partial charge in [-0.3, -0.25) is 4.79 Å². The van der Waals surface area contributed by atoms with Gasteiger partial charge in [0.05, 0.1) is 16.5 Å². The van der Waals surface area contributed by atoms with E-state index in [0.717, 1.165) is 6.42 Å². The fourth-order valence-corrected chi connectivity index (χ4v) is 4.66. The van der Waals surface area contributed by atoms with Crippen LogP contribution in [0.1, 0.15) is 26.7 Å². The van der Waals surface area contributed by atoms with E-state index in [2.05, 4.69) is 0 Å². The highest BCUT2D eigenvalue weighted by molar-refractivity contribution is 7.91. The van der Waals surface area contributed by atoms with E-state index in [0.29, 0.717) is 23.7 Å². The molecule has 1 fully saturated rings. The molecule has 1 heterocycles. The van der Waals surface area contributed by atoms with Crippen molar-refractivity contribution in [1.82, 2.24) is 4.90 Å². The lowest BCUT2D eigenvalue weighted by atomic mass is 10.2. The normalized spacial score (nSPS) is 20.9. The van der Waals surface area contributed by atoms with Crippen molar-refractivity contribution in [2.24, 2.45) is 0 Å². The van der Waals surface area contributed by atoms with Crippen LogP contribution in [0.15, 0.2) is 24.3 Å². The van der Waals surface area contributed by atoms with Gasteiger partial charge in [-0.2, -0.15) is 0 Å². The van der Waals surface area contributed by atoms with Crippen molar-refractivity contribution in [1.29, 1.82) is 0 Å². The van der Waals surface area contributed by atoms with Crippen molar-refractivity contribution in [2.75, 3.05) is 18.1 Å². The number of carbonyl (C=O) groups excluding carboxylic acids is 1. The van der Waals surface area contributed by atoms with Crippen LogP contribution in [0.5, 0.6) is 5.75 Å². The van der Waals surface area contributed by atoms with Gasteiger partial charge in [0.1, 0.15) is 5.75 Å². The Bertz CT molecular complexity index is 662. The summed E-state index contributed by atoms with van der Waals surface area (Å²) < 4.78 is 29.1. The van der Waals surface area contributed by atoms with Crippen molar-refractivity contribution in [2.45, 2.75) is 38.8 Å². The Hall–Kier alpha value is -1.27. The number of nitrogens with zero attached hydrogens (tertiary/aromatic N) is 1. The lowest BCUT2D eigenvalue weighted by molar-refractivity contribution is -0.139. The highest BCUT2D eigenvalue weighted by Gasteiger charge is 2.36. The lowest BCUT2D eigenvalue weighted by Crippen LogP contribution is -2.47. The van der Waals surface area contributed by atoms with Crippen molar-refractivity contribution >= 4 is 27.3 Å². The quantitative estimate of drug-likeness (QED) is 0.783. The van der Waals surface area contributed by atoms with Gasteiger partial charge in [0.2, 0.25) is 0 Å². The molecule has 1 aromatic carbocycles. The monoisotopic (exact) mass is 359 g/mol. The first-order valence-electron chi connectivity index (χ1n) is 7.76. The van der Waals surface area contributed by atoms with Gasteiger partial charge < -0.3 is 9.64 Å². The van der Waals surface area contributed by atoms with Gasteiger partial charge in [-0.25, -0.2) is 8.42 Å². The highest BCUT2D eigenvalue weighted by Crippen LogP contribution is 2.25. The Morgan fingerprint density at radius 2 is 2.13 bits per heavy atom. The molecule has 128 valence electrons. The first-order valence-corrected chi connectivity index (χ1v) is 9.96. The van der Waals surface area contributed by atoms with Gasteiger partial charge in [-0.15, -0.1) is 0 Å². The Morgan fingerprint density at radius 3 is 2.70 bits per heavy atom. The maximum atomic E-state index is 12.7. The second-order valence-corrected chi connectivity index (χ2v) is 8.41. The number of ether oxygens (including phenoxy) is 1. The molecule has 0 saturated carbocycles. The molecule has 0 aliphatic carbocycles. The van der Waals surface area contributed by atoms with E-state index in [4.69, 9.17) is 16.3 Å². The van der Waals surface area contributed by atoms with Crippen molar-refractivity contribution in [3.8, 4) is 5.75 Å². The van der Waals surface area contributed by atoms with Crippen molar-refractivity contribution in [3.63, 3.8) is 0 Å². The number of amides is 1. The van der Waals surface area contributed by atoms with Crippen LogP contribution in [0.2, 0.25) is 5.02 Å². The molecule has 1 amide bonds. The number of benzene rings is 1. The number of hydrogen-bond donors (Lipinski definition) is 0. The second-order valence-electron chi connectivity index (χ2n) is 5.78. The molecular weight excluding hydrogens is 338 g/mol. The van der Waals surface area contributed by atoms with Crippen molar-refractivity contribution in [3.05, 3.63) is 29.3 Å². The average Bonchev–Trinajstić information content (AvgIpc) is 2.86. The Balaban J connectivity index is 2.09. The summed E-state index contributed by atoms with van der Waals surface area (Å²) in [7, 11) is -3.04. The van der Waals surface area contributed by atoms with Crippen LogP contribution >= 0.6 is 11.6 Å². The van der Waals surface area contributed by atoms with Crippen LogP contribution in [-0.2, 0) is 14.6 Å². The summed E-state index contributed by atoms with van der Waals surface area (Å²) in [6.45, 7) is 4.15. The summed E-state index contributed by atoms with van der Waals surface area (Å²) in [6.07, 6.45) is 0.540. The summed E-state index contributed by atoms with van der Waals surface area (Å²) in [5.41, 5.74) is 0. The number of hydrogen-bond acceptors (Lipinski definition) is 4. The largest absolute Gasteiger partial charge is 0.479 e. The van der Waals surface area contributed by atoms with E-state index in [1.807, 2.05) is 6.92 Å². The Morgan fingerprint density at radius 1 is 1.43 bits per heavy atom. The third-order valence-electron chi connectivity index (χ3n) is 3.88. The van der Waals surface area contributed by atoms with E-state index in [-0.39, 0.29) is 23.5 Å². The van der Waals surface area contributed by atoms with Gasteiger partial charge >= 0.3 is 0 Å². The van der Waals surface area contributed by atoms with Gasteiger partial charge in [0, 0.05) is 12.6 Å². The van der Waals surface area contributed by atoms with Crippen LogP contribution in [0.3, 0.4) is 0 Å². The highest BCUT2D eigenvalue weighted by atomic mass is 35.5. The van der Waals surface area contributed by atoms with Crippen molar-refractivity contribution < 1.29 is 17.9 Å². The Labute approximate surface area is 142 Å². The van der Waals surface area contributed by atoms with E-state index in [1.54, 1.807) is 36.1 Å². The molecule has 7 heteroatoms. The van der Waals surface area contributed by atoms with Crippen LogP contribution in [0.4, 0.5) is 0 Å². The zero-order valence-corrected chi connectivity index (χ0v) is 14.9. The molecule has 1 aromatic rings. The van der Waals surface area contributed by atoms with Gasteiger partial charge in [0.25, 0.3) is 5.91 Å². The number of sulfone groups is 1. The minimum absolute atomic E-state index is 0.0392. The smallest absolute Gasteiger partial charge is 0.263 e. The summed E-state index contributed by atoms with van der Waals surface area (Å²) >= 11 is 6.05. The number of halogens is 1. The molecule has 0 bridgehead atoms. The number of para-hydroxylation sites is 1. The molecule has 5 nitrogen and oxygen atoms in total. The molecular formula is C16H22ClNO4S. The van der Waals surface area contributed by atoms with Gasteiger partial charge in [-0.1, -0.05) is 30.7 Å². The lowest BCUT2D eigenvalue weighted by Gasteiger charge is -2.30. The third-order valence-corrected chi connectivity index (χ3v) is 5.95. The van der Waals surface area contributed by atoms with E-state index < -0.39 is 15.9 Å². The minimum Gasteiger partial charge on any atom is -0.479 e. The Kier molecular flexibility index (Phi) is 5.92. The second kappa shape index (κ2) is 7.53. The molecule has 2 rings (SSSR count). The molecule has 0 radical (unpaired) electrons. The first-order chi connectivity index (χ1) is 10.8. The fourth-order valence-electron chi connectivity index (χ4n) is 2.75. The number of carbonyl (C=O) groups is 1. The zero-order chi connectivity index (χ0) is 17.0. The first kappa shape index (κ1) is 18.1. The average molecular weight is 360 g/mol. The predicted octanol–water partition coefficient (Wildman–Crippen LogP) is 2.53. The molecule has 0 N–H and O–H groups in total. The molecule has 1 saturated heterocycles. The van der Waals surface area contributed by atoms with E-state index in [1.165, 1.54) is 0 Å². The molecule has 0 spiro atoms. The summed E-state index contributed by atoms with van der Waals surface area (Å²) in [4.78, 5) is 14.4. The predicted molar refractivity (Wildman–Crippen MR) is 90.6 cm³/mol. The van der Waals surface area contributed by atoms with Crippen LogP contribution < -0.4 is 4.74 Å². The number of rotatable bonds is 6. The molecule has 0 aromatic heterocycles. The minimum atomic E-state index is -3.04. The molecule has 2 unspecified atom stereocenters. The SMILES string of the molecule is CCCN(C(=O)C(C)Oc1ccccc1Cl)C1CCS(=O)(=O)C1. The van der Waals surface area contributed by atoms with E-state index >= 15 is 0 Å².